The van der Waals surface area contributed by atoms with Gasteiger partial charge in [0.25, 0.3) is 5.91 Å². The summed E-state index contributed by atoms with van der Waals surface area (Å²) in [4.78, 5) is 25.4. The van der Waals surface area contributed by atoms with Crippen LogP contribution in [0.25, 0.3) is 0 Å². The van der Waals surface area contributed by atoms with Gasteiger partial charge in [0.1, 0.15) is 16.0 Å². The van der Waals surface area contributed by atoms with Crippen LogP contribution in [0.1, 0.15) is 45.6 Å². The third kappa shape index (κ3) is 5.25. The summed E-state index contributed by atoms with van der Waals surface area (Å²) in [6.45, 7) is -0.580. The van der Waals surface area contributed by atoms with E-state index in [4.69, 9.17) is 16.3 Å². The molecule has 1 amide bonds. The summed E-state index contributed by atoms with van der Waals surface area (Å²) in [5, 5.41) is 12.6. The minimum Gasteiger partial charge on any atom is -0.452 e. The van der Waals surface area contributed by atoms with Crippen molar-refractivity contribution in [1.82, 2.24) is 4.72 Å². The molecule has 8 nitrogen and oxygen atoms in total. The predicted octanol–water partition coefficient (Wildman–Crippen LogP) is 3.25. The highest BCUT2D eigenvalue weighted by Crippen LogP contribution is 2.36. The largest absolute Gasteiger partial charge is 0.452 e. The molecule has 0 saturated carbocycles. The summed E-state index contributed by atoms with van der Waals surface area (Å²) >= 11 is 7.29. The number of hydrogen-bond acceptors (Lipinski definition) is 7. The summed E-state index contributed by atoms with van der Waals surface area (Å²) < 4.78 is 31.1. The second-order valence-electron chi connectivity index (χ2n) is 6.86. The first-order chi connectivity index (χ1) is 14.8. The first-order valence-electron chi connectivity index (χ1n) is 9.51. The number of esters is 1. The molecule has 0 atom stereocenters. The number of carbonyl (C=O) groups is 2. The number of sulfonamides is 1. The molecule has 1 aromatic carbocycles. The number of nitrogens with zero attached hydrogens (tertiary/aromatic N) is 1. The molecule has 31 heavy (non-hydrogen) atoms. The number of ether oxygens (including phenoxy) is 1. The summed E-state index contributed by atoms with van der Waals surface area (Å²) in [5.41, 5.74) is 1.41. The molecule has 0 fully saturated rings. The van der Waals surface area contributed by atoms with Crippen molar-refractivity contribution in [3.05, 3.63) is 44.8 Å². The second-order valence-corrected chi connectivity index (χ2v) is 10.2. The zero-order valence-corrected chi connectivity index (χ0v) is 19.0. The lowest BCUT2D eigenvalue weighted by molar-refractivity contribution is -0.119. The maximum atomic E-state index is 12.3. The Morgan fingerprint density at radius 3 is 2.71 bits per heavy atom. The van der Waals surface area contributed by atoms with Crippen molar-refractivity contribution in [2.75, 3.05) is 19.0 Å². The van der Waals surface area contributed by atoms with Gasteiger partial charge in [0, 0.05) is 4.88 Å². The lowest BCUT2D eigenvalue weighted by atomic mass is 10.1. The number of benzene rings is 1. The van der Waals surface area contributed by atoms with E-state index < -0.39 is 28.5 Å². The van der Waals surface area contributed by atoms with Gasteiger partial charge in [-0.2, -0.15) is 5.26 Å². The van der Waals surface area contributed by atoms with Crippen LogP contribution in [0.4, 0.5) is 5.00 Å². The number of amides is 1. The number of thiophene rings is 1. The van der Waals surface area contributed by atoms with Gasteiger partial charge in [0.05, 0.1) is 16.1 Å². The van der Waals surface area contributed by atoms with E-state index in [9.17, 15) is 23.3 Å². The van der Waals surface area contributed by atoms with Gasteiger partial charge in [0.2, 0.25) is 10.0 Å². The Labute approximate surface area is 189 Å². The van der Waals surface area contributed by atoms with Crippen molar-refractivity contribution in [1.29, 1.82) is 5.26 Å². The van der Waals surface area contributed by atoms with Crippen molar-refractivity contribution < 1.29 is 22.7 Å². The van der Waals surface area contributed by atoms with Gasteiger partial charge in [-0.1, -0.05) is 18.0 Å². The first-order valence-corrected chi connectivity index (χ1v) is 12.2. The van der Waals surface area contributed by atoms with Crippen molar-refractivity contribution in [3.8, 4) is 6.07 Å². The third-order valence-corrected chi connectivity index (χ3v) is 7.95. The Kier molecular flexibility index (Phi) is 7.33. The zero-order valence-electron chi connectivity index (χ0n) is 16.7. The molecular weight excluding hydrogens is 462 g/mol. The van der Waals surface area contributed by atoms with Gasteiger partial charge in [0.15, 0.2) is 6.61 Å². The quantitative estimate of drug-likeness (QED) is 0.482. The molecule has 2 N–H and O–H groups in total. The van der Waals surface area contributed by atoms with Gasteiger partial charge in [-0.25, -0.2) is 17.9 Å². The molecule has 11 heteroatoms. The summed E-state index contributed by atoms with van der Waals surface area (Å²) in [6, 6.07) is 5.82. The average molecular weight is 482 g/mol. The number of nitriles is 1. The number of carbonyl (C=O) groups excluding carboxylic acids is 2. The summed E-state index contributed by atoms with van der Waals surface area (Å²) in [7, 11) is -2.64. The van der Waals surface area contributed by atoms with Gasteiger partial charge < -0.3 is 10.1 Å². The van der Waals surface area contributed by atoms with E-state index in [1.165, 1.54) is 30.5 Å². The van der Waals surface area contributed by atoms with Crippen LogP contribution in [0.15, 0.2) is 23.1 Å². The van der Waals surface area contributed by atoms with Crippen LogP contribution in [0, 0.1) is 11.3 Å². The topological polar surface area (TPSA) is 125 Å². The fourth-order valence-electron chi connectivity index (χ4n) is 3.27. The van der Waals surface area contributed by atoms with Crippen LogP contribution in [0.5, 0.6) is 0 Å². The minimum absolute atomic E-state index is 0.0508. The van der Waals surface area contributed by atoms with Gasteiger partial charge >= 0.3 is 5.97 Å². The highest BCUT2D eigenvalue weighted by molar-refractivity contribution is 7.89. The number of nitrogens with one attached hydrogen (secondary N) is 2. The molecule has 0 unspecified atom stereocenters. The second kappa shape index (κ2) is 9.78. The van der Waals surface area contributed by atoms with Crippen LogP contribution in [0.2, 0.25) is 5.02 Å². The van der Waals surface area contributed by atoms with Gasteiger partial charge in [-0.15, -0.1) is 11.3 Å². The molecule has 0 spiro atoms. The Balaban J connectivity index is 1.68. The fraction of sp³-hybridized carbons (Fsp3) is 0.350. The van der Waals surface area contributed by atoms with Crippen LogP contribution < -0.4 is 10.0 Å². The van der Waals surface area contributed by atoms with Crippen LogP contribution in [-0.4, -0.2) is 33.9 Å². The molecule has 0 bridgehead atoms. The molecule has 0 radical (unpaired) electrons. The zero-order chi connectivity index (χ0) is 22.6. The number of rotatable bonds is 6. The van der Waals surface area contributed by atoms with E-state index in [0.717, 1.165) is 48.6 Å². The summed E-state index contributed by atoms with van der Waals surface area (Å²) in [5.74, 6) is -1.46. The highest BCUT2D eigenvalue weighted by atomic mass is 35.5. The molecule has 0 aliphatic heterocycles. The molecular formula is C20H20ClN3O5S2. The molecule has 3 rings (SSSR count). The SMILES string of the molecule is CNS(=O)(=O)c1cc(C(=O)OCC(=O)Nc2sc3c(c2C#N)CCCCC3)ccc1Cl. The Hall–Kier alpha value is -2.45. The van der Waals surface area contributed by atoms with E-state index in [0.29, 0.717) is 10.6 Å². The maximum Gasteiger partial charge on any atom is 0.338 e. The van der Waals surface area contributed by atoms with Crippen molar-refractivity contribution in [2.45, 2.75) is 37.0 Å². The minimum atomic E-state index is -3.87. The van der Waals surface area contributed by atoms with Gasteiger partial charge in [-0.3, -0.25) is 4.79 Å². The van der Waals surface area contributed by atoms with Crippen molar-refractivity contribution in [2.24, 2.45) is 0 Å². The van der Waals surface area contributed by atoms with E-state index in [1.54, 1.807) is 0 Å². The lowest BCUT2D eigenvalue weighted by Gasteiger charge is -2.09. The average Bonchev–Trinajstić information content (AvgIpc) is 2.91. The number of fused-ring (bicyclic) bond motifs is 1. The maximum absolute atomic E-state index is 12.3. The smallest absolute Gasteiger partial charge is 0.338 e. The first kappa shape index (κ1) is 23.2. The monoisotopic (exact) mass is 481 g/mol. The van der Waals surface area contributed by atoms with E-state index >= 15 is 0 Å². The van der Waals surface area contributed by atoms with E-state index in [1.807, 2.05) is 0 Å². The number of halogens is 1. The van der Waals surface area contributed by atoms with Crippen molar-refractivity contribution >= 4 is 49.8 Å². The van der Waals surface area contributed by atoms with Crippen LogP contribution >= 0.6 is 22.9 Å². The molecule has 2 aromatic rings. The molecule has 1 heterocycles. The molecule has 1 aromatic heterocycles. The number of anilines is 1. The molecule has 1 aliphatic carbocycles. The Morgan fingerprint density at radius 2 is 2.00 bits per heavy atom. The van der Waals surface area contributed by atoms with Crippen LogP contribution in [0.3, 0.4) is 0 Å². The summed E-state index contributed by atoms with van der Waals surface area (Å²) in [6.07, 6.45) is 4.87. The van der Waals surface area contributed by atoms with E-state index in [2.05, 4.69) is 16.1 Å². The Bertz CT molecular complexity index is 1170. The lowest BCUT2D eigenvalue weighted by Crippen LogP contribution is -2.22. The molecule has 1 aliphatic rings. The molecule has 0 saturated heterocycles. The molecule has 164 valence electrons. The van der Waals surface area contributed by atoms with Crippen LogP contribution in [-0.2, 0) is 32.4 Å². The standard InChI is InChI=1S/C20H20ClN3O5S2/c1-23-31(27,28)17-9-12(7-8-15(17)21)20(26)29-11-18(25)24-19-14(10-22)13-5-3-2-4-6-16(13)30-19/h7-9,23H,2-6,11H2,1H3,(H,24,25). The van der Waals surface area contributed by atoms with Crippen molar-refractivity contribution in [3.63, 3.8) is 0 Å². The fourth-order valence-corrected chi connectivity index (χ4v) is 5.78. The highest BCUT2D eigenvalue weighted by Gasteiger charge is 2.22. The number of hydrogen-bond donors (Lipinski definition) is 2. The Morgan fingerprint density at radius 1 is 1.26 bits per heavy atom. The van der Waals surface area contributed by atoms with E-state index in [-0.39, 0.29) is 15.5 Å². The number of aryl methyl sites for hydroxylation is 1. The predicted molar refractivity (Wildman–Crippen MR) is 117 cm³/mol. The third-order valence-electron chi connectivity index (χ3n) is 4.85. The van der Waals surface area contributed by atoms with Gasteiger partial charge in [-0.05, 0) is 56.5 Å². The normalized spacial score (nSPS) is 13.6.